The molecule has 0 unspecified atom stereocenters. The number of carboxylic acids is 1. The van der Waals surface area contributed by atoms with Crippen molar-refractivity contribution in [3.63, 3.8) is 0 Å². The fraction of sp³-hybridized carbons (Fsp3) is 0.214. The Morgan fingerprint density at radius 3 is 2.44 bits per heavy atom. The second-order valence-corrected chi connectivity index (χ2v) is 5.15. The first-order valence-corrected chi connectivity index (χ1v) is 6.44. The molecule has 4 heteroatoms. The predicted molar refractivity (Wildman–Crippen MR) is 71.5 cm³/mol. The van der Waals surface area contributed by atoms with Gasteiger partial charge in [0.1, 0.15) is 17.2 Å². The molecule has 0 saturated carbocycles. The van der Waals surface area contributed by atoms with Crippen molar-refractivity contribution in [2.45, 2.75) is 20.5 Å². The monoisotopic (exact) mass is 262 g/mol. The third kappa shape index (κ3) is 3.11. The average Bonchev–Trinajstić information content (AvgIpc) is 2.73. The topological polar surface area (TPSA) is 46.5 Å². The summed E-state index contributed by atoms with van der Waals surface area (Å²) in [6.07, 6.45) is 0. The zero-order valence-corrected chi connectivity index (χ0v) is 11.1. The Morgan fingerprint density at radius 1 is 1.22 bits per heavy atom. The highest BCUT2D eigenvalue weighted by molar-refractivity contribution is 7.12. The average molecular weight is 262 g/mol. The van der Waals surface area contributed by atoms with Crippen molar-refractivity contribution >= 4 is 17.3 Å². The smallest absolute Gasteiger partial charge is 0.345 e. The minimum atomic E-state index is -0.891. The number of ether oxygens (including phenoxy) is 1. The van der Waals surface area contributed by atoms with E-state index in [1.54, 1.807) is 6.07 Å². The van der Waals surface area contributed by atoms with E-state index in [1.165, 1.54) is 11.3 Å². The molecule has 0 saturated heterocycles. The van der Waals surface area contributed by atoms with E-state index >= 15 is 0 Å². The standard InChI is InChI=1S/C14H14O3S/c1-9-3-10(2)5-12(4-9)17-7-11-6-13(14(15)16)18-8-11/h3-6,8H,7H2,1-2H3,(H,15,16). The summed E-state index contributed by atoms with van der Waals surface area (Å²) in [6.45, 7) is 4.44. The maximum Gasteiger partial charge on any atom is 0.345 e. The third-order valence-electron chi connectivity index (χ3n) is 2.47. The van der Waals surface area contributed by atoms with Gasteiger partial charge in [-0.1, -0.05) is 6.07 Å². The van der Waals surface area contributed by atoms with Crippen LogP contribution in [0, 0.1) is 13.8 Å². The van der Waals surface area contributed by atoms with E-state index in [0.29, 0.717) is 11.5 Å². The van der Waals surface area contributed by atoms with E-state index in [9.17, 15) is 4.79 Å². The lowest BCUT2D eigenvalue weighted by Gasteiger charge is -2.07. The van der Waals surface area contributed by atoms with Crippen molar-refractivity contribution in [2.24, 2.45) is 0 Å². The SMILES string of the molecule is Cc1cc(C)cc(OCc2csc(C(=O)O)c2)c1. The molecular formula is C14H14O3S. The number of rotatable bonds is 4. The first kappa shape index (κ1) is 12.6. The van der Waals surface area contributed by atoms with Crippen LogP contribution in [0.2, 0.25) is 0 Å². The van der Waals surface area contributed by atoms with Crippen LogP contribution in [0.1, 0.15) is 26.4 Å². The molecule has 0 aliphatic heterocycles. The zero-order valence-electron chi connectivity index (χ0n) is 10.3. The second kappa shape index (κ2) is 5.23. The van der Waals surface area contributed by atoms with E-state index in [2.05, 4.69) is 6.07 Å². The van der Waals surface area contributed by atoms with E-state index < -0.39 is 5.97 Å². The number of carboxylic acid groups (broad SMARTS) is 1. The van der Waals surface area contributed by atoms with Crippen LogP contribution in [-0.2, 0) is 6.61 Å². The Balaban J connectivity index is 2.04. The molecule has 0 radical (unpaired) electrons. The van der Waals surface area contributed by atoms with Crippen molar-refractivity contribution in [1.82, 2.24) is 0 Å². The summed E-state index contributed by atoms with van der Waals surface area (Å²) >= 11 is 1.22. The number of aryl methyl sites for hydroxylation is 2. The molecule has 18 heavy (non-hydrogen) atoms. The summed E-state index contributed by atoms with van der Waals surface area (Å²) in [5.74, 6) is -0.0757. The van der Waals surface area contributed by atoms with E-state index in [-0.39, 0.29) is 0 Å². The van der Waals surface area contributed by atoms with Crippen LogP contribution in [0.3, 0.4) is 0 Å². The molecule has 1 N–H and O–H groups in total. The predicted octanol–water partition coefficient (Wildman–Crippen LogP) is 3.64. The molecule has 3 nitrogen and oxygen atoms in total. The maximum absolute atomic E-state index is 10.7. The highest BCUT2D eigenvalue weighted by atomic mass is 32.1. The van der Waals surface area contributed by atoms with Gasteiger partial charge in [0.2, 0.25) is 0 Å². The first-order chi connectivity index (χ1) is 8.54. The number of thiophene rings is 1. The van der Waals surface area contributed by atoms with Crippen molar-refractivity contribution in [3.05, 3.63) is 51.2 Å². The summed E-state index contributed by atoms with van der Waals surface area (Å²) in [7, 11) is 0. The van der Waals surface area contributed by atoms with Crippen LogP contribution in [0.15, 0.2) is 29.6 Å². The van der Waals surface area contributed by atoms with Crippen LogP contribution in [0.4, 0.5) is 0 Å². The lowest BCUT2D eigenvalue weighted by atomic mass is 10.1. The second-order valence-electron chi connectivity index (χ2n) is 4.24. The molecule has 0 atom stereocenters. The molecule has 0 bridgehead atoms. The summed E-state index contributed by atoms with van der Waals surface area (Å²) in [5.41, 5.74) is 3.19. The molecule has 2 rings (SSSR count). The van der Waals surface area contributed by atoms with Crippen LogP contribution in [-0.4, -0.2) is 11.1 Å². The van der Waals surface area contributed by atoms with Gasteiger partial charge < -0.3 is 9.84 Å². The van der Waals surface area contributed by atoms with Gasteiger partial charge in [0.05, 0.1) is 0 Å². The minimum Gasteiger partial charge on any atom is -0.489 e. The van der Waals surface area contributed by atoms with Crippen LogP contribution >= 0.6 is 11.3 Å². The van der Waals surface area contributed by atoms with E-state index in [0.717, 1.165) is 22.4 Å². The normalized spacial score (nSPS) is 10.3. The Hall–Kier alpha value is -1.81. The Labute approximate surface area is 110 Å². The number of hydrogen-bond donors (Lipinski definition) is 1. The summed E-state index contributed by atoms with van der Waals surface area (Å²) in [5, 5.41) is 10.6. The number of carbonyl (C=O) groups is 1. The van der Waals surface area contributed by atoms with Gasteiger partial charge in [-0.25, -0.2) is 4.79 Å². The van der Waals surface area contributed by atoms with Gasteiger partial charge in [-0.3, -0.25) is 0 Å². The number of aromatic carboxylic acids is 1. The fourth-order valence-electron chi connectivity index (χ4n) is 1.75. The number of benzene rings is 1. The molecule has 2 aromatic rings. The molecule has 1 aromatic heterocycles. The number of hydrogen-bond acceptors (Lipinski definition) is 3. The highest BCUT2D eigenvalue weighted by Gasteiger charge is 2.07. The van der Waals surface area contributed by atoms with E-state index in [4.69, 9.17) is 9.84 Å². The Kier molecular flexibility index (Phi) is 3.67. The van der Waals surface area contributed by atoms with Crippen molar-refractivity contribution in [2.75, 3.05) is 0 Å². The van der Waals surface area contributed by atoms with Gasteiger partial charge in [0.25, 0.3) is 0 Å². The highest BCUT2D eigenvalue weighted by Crippen LogP contribution is 2.20. The molecule has 1 aromatic carbocycles. The third-order valence-corrected chi connectivity index (χ3v) is 3.43. The molecule has 94 valence electrons. The summed E-state index contributed by atoms with van der Waals surface area (Å²) in [6, 6.07) is 7.67. The van der Waals surface area contributed by atoms with Crippen LogP contribution in [0.25, 0.3) is 0 Å². The van der Waals surface area contributed by atoms with Crippen LogP contribution in [0.5, 0.6) is 5.75 Å². The molecule has 0 amide bonds. The van der Waals surface area contributed by atoms with Crippen molar-refractivity contribution in [1.29, 1.82) is 0 Å². The molecule has 0 fully saturated rings. The lowest BCUT2D eigenvalue weighted by Crippen LogP contribution is -1.95. The van der Waals surface area contributed by atoms with Gasteiger partial charge >= 0.3 is 5.97 Å². The minimum absolute atomic E-state index is 0.342. The molecule has 0 spiro atoms. The zero-order chi connectivity index (χ0) is 13.1. The quantitative estimate of drug-likeness (QED) is 0.915. The van der Waals surface area contributed by atoms with Crippen molar-refractivity contribution in [3.8, 4) is 5.75 Å². The summed E-state index contributed by atoms with van der Waals surface area (Å²) < 4.78 is 5.66. The molecule has 0 aliphatic rings. The molecule has 1 heterocycles. The maximum atomic E-state index is 10.7. The fourth-order valence-corrected chi connectivity index (χ4v) is 2.48. The first-order valence-electron chi connectivity index (χ1n) is 5.56. The van der Waals surface area contributed by atoms with Crippen LogP contribution < -0.4 is 4.74 Å². The molecular weight excluding hydrogens is 248 g/mol. The largest absolute Gasteiger partial charge is 0.489 e. The van der Waals surface area contributed by atoms with Gasteiger partial charge in [-0.2, -0.15) is 0 Å². The Morgan fingerprint density at radius 2 is 1.89 bits per heavy atom. The van der Waals surface area contributed by atoms with Crippen molar-refractivity contribution < 1.29 is 14.6 Å². The molecule has 0 aliphatic carbocycles. The lowest BCUT2D eigenvalue weighted by molar-refractivity contribution is 0.0702. The van der Waals surface area contributed by atoms with E-state index in [1.807, 2.05) is 31.4 Å². The van der Waals surface area contributed by atoms with Gasteiger partial charge in [-0.05, 0) is 48.6 Å². The van der Waals surface area contributed by atoms with Gasteiger partial charge in [-0.15, -0.1) is 11.3 Å². The van der Waals surface area contributed by atoms with Gasteiger partial charge in [0, 0.05) is 5.56 Å². The summed E-state index contributed by atoms with van der Waals surface area (Å²) in [4.78, 5) is 11.1. The Bertz CT molecular complexity index is 552. The van der Waals surface area contributed by atoms with Gasteiger partial charge in [0.15, 0.2) is 0 Å².